The number of hydrogen-bond donors (Lipinski definition) is 1. The maximum absolute atomic E-state index is 11.9. The zero-order valence-corrected chi connectivity index (χ0v) is 12.9. The van der Waals surface area contributed by atoms with Gasteiger partial charge in [-0.1, -0.05) is 19.9 Å². The minimum Gasteiger partial charge on any atom is -0.466 e. The summed E-state index contributed by atoms with van der Waals surface area (Å²) in [6.07, 6.45) is 4.46. The Bertz CT molecular complexity index is 393. The number of ether oxygens (including phenoxy) is 1. The predicted octanol–water partition coefficient (Wildman–Crippen LogP) is 2.64. The Labute approximate surface area is 121 Å². The summed E-state index contributed by atoms with van der Waals surface area (Å²) in [5, 5.41) is 10.5. The molecular weight excluding hydrogens is 256 g/mol. The Morgan fingerprint density at radius 2 is 2.15 bits per heavy atom. The first-order chi connectivity index (χ1) is 9.26. The third kappa shape index (κ3) is 4.75. The first-order valence-electron chi connectivity index (χ1n) is 7.27. The first-order valence-corrected chi connectivity index (χ1v) is 7.27. The van der Waals surface area contributed by atoms with Crippen molar-refractivity contribution in [3.63, 3.8) is 0 Å². The number of carbonyl (C=O) groups is 2. The van der Waals surface area contributed by atoms with Crippen molar-refractivity contribution in [2.24, 2.45) is 11.8 Å². The fourth-order valence-corrected chi connectivity index (χ4v) is 2.79. The molecule has 1 N–H and O–H groups in total. The Balaban J connectivity index is 2.60. The summed E-state index contributed by atoms with van der Waals surface area (Å²) in [5.74, 6) is 0.147. The van der Waals surface area contributed by atoms with Gasteiger partial charge in [0.05, 0.1) is 12.7 Å². The van der Waals surface area contributed by atoms with Crippen molar-refractivity contribution in [2.75, 3.05) is 7.11 Å². The number of esters is 1. The topological polar surface area (TPSA) is 63.6 Å². The van der Waals surface area contributed by atoms with Crippen LogP contribution in [0, 0.1) is 11.8 Å². The van der Waals surface area contributed by atoms with Crippen LogP contribution < -0.4 is 0 Å². The lowest BCUT2D eigenvalue weighted by Gasteiger charge is -2.34. The molecule has 0 bridgehead atoms. The van der Waals surface area contributed by atoms with Crippen molar-refractivity contribution >= 4 is 11.8 Å². The maximum atomic E-state index is 11.9. The van der Waals surface area contributed by atoms with Crippen molar-refractivity contribution < 1.29 is 19.4 Å². The van der Waals surface area contributed by atoms with Crippen LogP contribution in [0.5, 0.6) is 0 Å². The number of Topliss-reactive ketones (excluding diaryl/α,β-unsaturated/α-hetero) is 1. The van der Waals surface area contributed by atoms with Crippen LogP contribution in [0.1, 0.15) is 52.9 Å². The van der Waals surface area contributed by atoms with Crippen LogP contribution in [-0.2, 0) is 14.3 Å². The van der Waals surface area contributed by atoms with Gasteiger partial charge in [0.1, 0.15) is 5.78 Å². The van der Waals surface area contributed by atoms with Crippen molar-refractivity contribution in [1.82, 2.24) is 0 Å². The normalized spacial score (nSPS) is 22.1. The molecule has 4 heteroatoms. The number of hydrogen-bond acceptors (Lipinski definition) is 4. The second-order valence-electron chi connectivity index (χ2n) is 6.36. The number of methoxy groups -OCH3 is 1. The molecule has 1 aliphatic carbocycles. The summed E-state index contributed by atoms with van der Waals surface area (Å²) in [6, 6.07) is 0. The highest BCUT2D eigenvalue weighted by atomic mass is 16.5. The molecular formula is C16H26O4. The molecule has 0 aromatic carbocycles. The average Bonchev–Trinajstić information content (AvgIpc) is 2.36. The van der Waals surface area contributed by atoms with Gasteiger partial charge in [0.25, 0.3) is 0 Å². The number of carbonyl (C=O) groups excluding carboxylic acids is 2. The van der Waals surface area contributed by atoms with E-state index >= 15 is 0 Å². The SMILES string of the molecule is COC(=O)C1=CC[C@H]([C@@](C)(O)CC(=O)CC(C)C)CC1. The lowest BCUT2D eigenvalue weighted by molar-refractivity contribution is -0.137. The molecule has 0 heterocycles. The summed E-state index contributed by atoms with van der Waals surface area (Å²) in [5.41, 5.74) is -0.322. The van der Waals surface area contributed by atoms with E-state index in [1.807, 2.05) is 19.9 Å². The smallest absolute Gasteiger partial charge is 0.333 e. The third-order valence-electron chi connectivity index (χ3n) is 3.93. The van der Waals surface area contributed by atoms with Crippen molar-refractivity contribution in [3.8, 4) is 0 Å². The zero-order valence-electron chi connectivity index (χ0n) is 12.9. The summed E-state index contributed by atoms with van der Waals surface area (Å²) in [6.45, 7) is 5.73. The van der Waals surface area contributed by atoms with E-state index in [-0.39, 0.29) is 24.1 Å². The molecule has 0 fully saturated rings. The largest absolute Gasteiger partial charge is 0.466 e. The van der Waals surface area contributed by atoms with E-state index in [0.717, 1.165) is 0 Å². The number of aliphatic hydroxyl groups is 1. The molecule has 0 unspecified atom stereocenters. The molecule has 0 saturated carbocycles. The monoisotopic (exact) mass is 282 g/mol. The van der Waals surface area contributed by atoms with Gasteiger partial charge in [-0.25, -0.2) is 4.79 Å². The summed E-state index contributed by atoms with van der Waals surface area (Å²) >= 11 is 0. The molecule has 2 atom stereocenters. The van der Waals surface area contributed by atoms with E-state index < -0.39 is 5.60 Å². The van der Waals surface area contributed by atoms with Gasteiger partial charge in [0.2, 0.25) is 0 Å². The van der Waals surface area contributed by atoms with Crippen LogP contribution in [0.25, 0.3) is 0 Å². The molecule has 114 valence electrons. The quantitative estimate of drug-likeness (QED) is 0.761. The van der Waals surface area contributed by atoms with Crippen molar-refractivity contribution in [1.29, 1.82) is 0 Å². The van der Waals surface area contributed by atoms with Gasteiger partial charge in [-0.05, 0) is 38.0 Å². The van der Waals surface area contributed by atoms with Crippen LogP contribution in [0.4, 0.5) is 0 Å². The van der Waals surface area contributed by atoms with E-state index in [9.17, 15) is 14.7 Å². The van der Waals surface area contributed by atoms with E-state index in [0.29, 0.717) is 37.2 Å². The van der Waals surface area contributed by atoms with E-state index in [1.54, 1.807) is 6.92 Å². The lowest BCUT2D eigenvalue weighted by Crippen LogP contribution is -2.38. The third-order valence-corrected chi connectivity index (χ3v) is 3.93. The van der Waals surface area contributed by atoms with E-state index in [4.69, 9.17) is 4.74 Å². The van der Waals surface area contributed by atoms with Crippen LogP contribution in [0.2, 0.25) is 0 Å². The minimum atomic E-state index is -0.996. The Morgan fingerprint density at radius 1 is 1.50 bits per heavy atom. The minimum absolute atomic E-state index is 0.0204. The Hall–Kier alpha value is -1.16. The summed E-state index contributed by atoms with van der Waals surface area (Å²) in [4.78, 5) is 23.3. The fourth-order valence-electron chi connectivity index (χ4n) is 2.79. The number of rotatable bonds is 6. The van der Waals surface area contributed by atoms with Gasteiger partial charge in [0, 0.05) is 18.4 Å². The van der Waals surface area contributed by atoms with Gasteiger partial charge >= 0.3 is 5.97 Å². The molecule has 4 nitrogen and oxygen atoms in total. The van der Waals surface area contributed by atoms with Gasteiger partial charge in [-0.15, -0.1) is 0 Å². The molecule has 20 heavy (non-hydrogen) atoms. The zero-order chi connectivity index (χ0) is 15.3. The molecule has 0 aromatic heterocycles. The molecule has 1 rings (SSSR count). The fraction of sp³-hybridized carbons (Fsp3) is 0.750. The maximum Gasteiger partial charge on any atom is 0.333 e. The second-order valence-corrected chi connectivity index (χ2v) is 6.36. The van der Waals surface area contributed by atoms with E-state index in [1.165, 1.54) is 7.11 Å². The van der Waals surface area contributed by atoms with Crippen molar-refractivity contribution in [3.05, 3.63) is 11.6 Å². The Kier molecular flexibility index (Phi) is 5.93. The van der Waals surface area contributed by atoms with Crippen LogP contribution >= 0.6 is 0 Å². The second kappa shape index (κ2) is 7.02. The van der Waals surface area contributed by atoms with Gasteiger partial charge in [0.15, 0.2) is 0 Å². The summed E-state index contributed by atoms with van der Waals surface area (Å²) < 4.78 is 4.70. The molecule has 0 saturated heterocycles. The first kappa shape index (κ1) is 16.9. The van der Waals surface area contributed by atoms with Crippen LogP contribution in [-0.4, -0.2) is 29.6 Å². The highest BCUT2D eigenvalue weighted by Gasteiger charge is 2.35. The summed E-state index contributed by atoms with van der Waals surface area (Å²) in [7, 11) is 1.37. The lowest BCUT2D eigenvalue weighted by atomic mass is 9.75. The standard InChI is InChI=1S/C16H26O4/c1-11(2)9-14(17)10-16(3,19)13-7-5-12(6-8-13)15(18)20-4/h5,11,13,19H,6-10H2,1-4H3/t13-,16-/m0/s1. The van der Waals surface area contributed by atoms with Crippen LogP contribution in [0.15, 0.2) is 11.6 Å². The molecule has 0 aliphatic heterocycles. The average molecular weight is 282 g/mol. The molecule has 1 aliphatic rings. The number of ketones is 1. The highest BCUT2D eigenvalue weighted by molar-refractivity contribution is 5.88. The molecule has 0 spiro atoms. The van der Waals surface area contributed by atoms with Gasteiger partial charge in [-0.2, -0.15) is 0 Å². The molecule has 0 radical (unpaired) electrons. The van der Waals surface area contributed by atoms with Gasteiger partial charge < -0.3 is 9.84 Å². The predicted molar refractivity (Wildman–Crippen MR) is 77.1 cm³/mol. The number of allylic oxidation sites excluding steroid dienone is 1. The molecule has 0 aromatic rings. The van der Waals surface area contributed by atoms with E-state index in [2.05, 4.69) is 0 Å². The highest BCUT2D eigenvalue weighted by Crippen LogP contribution is 2.34. The molecule has 0 amide bonds. The van der Waals surface area contributed by atoms with Crippen LogP contribution in [0.3, 0.4) is 0 Å². The van der Waals surface area contributed by atoms with Crippen molar-refractivity contribution in [2.45, 2.75) is 58.5 Å². The Morgan fingerprint density at radius 3 is 2.60 bits per heavy atom. The van der Waals surface area contributed by atoms with Gasteiger partial charge in [-0.3, -0.25) is 4.79 Å².